The van der Waals surface area contributed by atoms with Gasteiger partial charge in [0.1, 0.15) is 18.3 Å². The Morgan fingerprint density at radius 1 is 1.02 bits per heavy atom. The van der Waals surface area contributed by atoms with Crippen molar-refractivity contribution in [2.45, 2.75) is 122 Å². The number of phosphoric ester groups is 1. The Labute approximate surface area is 308 Å². The molecule has 3 N–H and O–H groups in total. The first-order valence-electron chi connectivity index (χ1n) is 16.6. The van der Waals surface area contributed by atoms with Crippen LogP contribution in [0, 0.1) is 5.92 Å². The van der Waals surface area contributed by atoms with Crippen molar-refractivity contribution in [3.63, 3.8) is 0 Å². The van der Waals surface area contributed by atoms with E-state index in [-0.39, 0.29) is 0 Å². The molecule has 1 saturated carbocycles. The Hall–Kier alpha value is -4.08. The maximum Gasteiger partial charge on any atom is 0.510 e. The third-order valence-electron chi connectivity index (χ3n) is 7.72. The summed E-state index contributed by atoms with van der Waals surface area (Å²) >= 11 is 0. The van der Waals surface area contributed by atoms with Crippen LogP contribution in [0.1, 0.15) is 75.5 Å². The maximum atomic E-state index is 15.5. The van der Waals surface area contributed by atoms with Crippen molar-refractivity contribution in [1.82, 2.24) is 14.9 Å². The summed E-state index contributed by atoms with van der Waals surface area (Å²) in [7, 11) is -5.26. The third kappa shape index (κ3) is 9.77. The summed E-state index contributed by atoms with van der Waals surface area (Å²) in [6.07, 6.45) is -7.99. The quantitative estimate of drug-likeness (QED) is 0.0939. The van der Waals surface area contributed by atoms with Gasteiger partial charge in [0.05, 0.1) is 12.2 Å². The van der Waals surface area contributed by atoms with Gasteiger partial charge in [0.25, 0.3) is 5.56 Å². The van der Waals surface area contributed by atoms with Gasteiger partial charge in [0.2, 0.25) is 19.2 Å². The highest BCUT2D eigenvalue weighted by Gasteiger charge is 2.96. The van der Waals surface area contributed by atoms with Crippen LogP contribution in [-0.2, 0) is 56.1 Å². The van der Waals surface area contributed by atoms with Crippen molar-refractivity contribution in [2.24, 2.45) is 5.92 Å². The van der Waals surface area contributed by atoms with E-state index < -0.39 is 123 Å². The fourth-order valence-corrected chi connectivity index (χ4v) is 6.58. The van der Waals surface area contributed by atoms with Crippen LogP contribution in [0.3, 0.4) is 0 Å². The van der Waals surface area contributed by atoms with Crippen LogP contribution in [0.2, 0.25) is 0 Å². The summed E-state index contributed by atoms with van der Waals surface area (Å²) in [6.45, 7) is 10.7. The van der Waals surface area contributed by atoms with Gasteiger partial charge >= 0.3 is 37.9 Å². The van der Waals surface area contributed by atoms with Gasteiger partial charge in [-0.2, -0.15) is 0 Å². The number of nitrogens with zero attached hydrogens (tertiary/aromatic N) is 1. The molecule has 1 aromatic rings. The van der Waals surface area contributed by atoms with E-state index in [4.69, 9.17) is 46.7 Å². The second-order valence-electron chi connectivity index (χ2n) is 14.2. The summed E-state index contributed by atoms with van der Waals surface area (Å²) in [6, 6.07) is -0.637. The first kappa shape index (κ1) is 44.3. The summed E-state index contributed by atoms with van der Waals surface area (Å²) in [4.78, 5) is 77.1. The molecule has 1 saturated heterocycles. The van der Waals surface area contributed by atoms with Crippen LogP contribution < -0.4 is 16.6 Å². The SMILES string of the molecule is CC(C)OC(=O)OCOP(=O)(OCOC(=O)OC(C)C)OC1[C@]2(OC(=O)[C@H](NC(=O)OC(C)(C)C)C(C)C)[C@@](C)(O)[C@H](n3ccc(=O)[nH]c3=O)O[C@]12CF. The lowest BCUT2D eigenvalue weighted by atomic mass is 9.93. The van der Waals surface area contributed by atoms with Gasteiger partial charge in [-0.3, -0.25) is 18.9 Å². The van der Waals surface area contributed by atoms with Crippen molar-refractivity contribution in [3.05, 3.63) is 33.1 Å². The molecule has 0 radical (unpaired) electrons. The molecule has 54 heavy (non-hydrogen) atoms. The van der Waals surface area contributed by atoms with Crippen LogP contribution in [0.25, 0.3) is 0 Å². The van der Waals surface area contributed by atoms with Crippen molar-refractivity contribution < 1.29 is 80.0 Å². The minimum Gasteiger partial charge on any atom is -0.448 e. The number of aromatic amines is 1. The average molecular weight is 800 g/mol. The molecule has 1 aliphatic carbocycles. The van der Waals surface area contributed by atoms with Gasteiger partial charge in [-0.25, -0.2) is 42.0 Å². The molecule has 3 rings (SSSR count). The zero-order chi connectivity index (χ0) is 41.0. The zero-order valence-electron chi connectivity index (χ0n) is 31.4. The number of alkyl carbamates (subject to hydrolysis) is 1. The molecule has 2 aliphatic rings. The second kappa shape index (κ2) is 16.7. The number of phosphoric acid groups is 1. The van der Waals surface area contributed by atoms with E-state index in [0.717, 1.165) is 19.2 Å². The maximum absolute atomic E-state index is 15.5. The predicted octanol–water partition coefficient (Wildman–Crippen LogP) is 2.93. The fourth-order valence-electron chi connectivity index (χ4n) is 5.44. The number of esters is 1. The highest BCUT2D eigenvalue weighted by molar-refractivity contribution is 7.48. The van der Waals surface area contributed by atoms with Gasteiger partial charge < -0.3 is 43.6 Å². The van der Waals surface area contributed by atoms with Crippen LogP contribution in [0.15, 0.2) is 21.9 Å². The molecular weight excluding hydrogens is 752 g/mol. The third-order valence-corrected chi connectivity index (χ3v) is 9.04. The lowest BCUT2D eigenvalue weighted by Gasteiger charge is -2.36. The monoisotopic (exact) mass is 799 g/mol. The molecule has 23 heteroatoms. The molecule has 6 atom stereocenters. The molecular formula is C31H47FN3O18P. The van der Waals surface area contributed by atoms with Crippen molar-refractivity contribution in [1.29, 1.82) is 0 Å². The number of H-pyrrole nitrogens is 1. The molecule has 1 aromatic heterocycles. The number of carbonyl (C=O) groups is 4. The summed E-state index contributed by atoms with van der Waals surface area (Å²) in [5, 5.41) is 14.5. The van der Waals surface area contributed by atoms with Crippen LogP contribution in [-0.4, -0.2) is 106 Å². The molecule has 0 aromatic carbocycles. The van der Waals surface area contributed by atoms with Crippen LogP contribution in [0.4, 0.5) is 18.8 Å². The normalized spacial score (nSPS) is 25.5. The van der Waals surface area contributed by atoms with Gasteiger partial charge in [0, 0.05) is 12.3 Å². The van der Waals surface area contributed by atoms with E-state index in [0.29, 0.717) is 4.57 Å². The van der Waals surface area contributed by atoms with E-state index in [1.807, 2.05) is 4.98 Å². The number of aromatic nitrogens is 2. The second-order valence-corrected chi connectivity index (χ2v) is 15.9. The molecule has 0 bridgehead atoms. The van der Waals surface area contributed by atoms with Gasteiger partial charge in [-0.1, -0.05) is 13.8 Å². The van der Waals surface area contributed by atoms with E-state index in [2.05, 4.69) is 5.32 Å². The fraction of sp³-hybridized carbons (Fsp3) is 0.742. The van der Waals surface area contributed by atoms with E-state index in [9.17, 15) is 38.4 Å². The lowest BCUT2D eigenvalue weighted by Crippen LogP contribution is -2.56. The first-order chi connectivity index (χ1) is 24.8. The molecule has 1 amide bonds. The van der Waals surface area contributed by atoms with Crippen molar-refractivity contribution in [3.8, 4) is 0 Å². The first-order valence-corrected chi connectivity index (χ1v) is 18.0. The number of halogens is 1. The largest absolute Gasteiger partial charge is 0.510 e. The number of carbonyl (C=O) groups excluding carboxylic acids is 4. The number of fused-ring (bicyclic) bond motifs is 1. The molecule has 2 heterocycles. The van der Waals surface area contributed by atoms with Crippen LogP contribution in [0.5, 0.6) is 0 Å². The number of alkyl halides is 1. The summed E-state index contributed by atoms with van der Waals surface area (Å²) < 4.78 is 82.0. The Balaban J connectivity index is 2.08. The van der Waals surface area contributed by atoms with Crippen LogP contribution >= 0.6 is 7.82 Å². The van der Waals surface area contributed by atoms with Crippen molar-refractivity contribution >= 4 is 32.2 Å². The molecule has 0 spiro atoms. The number of ether oxygens (including phenoxy) is 7. The number of amides is 1. The summed E-state index contributed by atoms with van der Waals surface area (Å²) in [5.41, 5.74) is -11.0. The Kier molecular flexibility index (Phi) is 13.7. The Bertz CT molecular complexity index is 1670. The van der Waals surface area contributed by atoms with Gasteiger partial charge in [-0.15, -0.1) is 0 Å². The minimum atomic E-state index is -5.26. The summed E-state index contributed by atoms with van der Waals surface area (Å²) in [5.74, 6) is -2.03. The van der Waals surface area contributed by atoms with Crippen molar-refractivity contribution in [2.75, 3.05) is 20.3 Å². The lowest BCUT2D eigenvalue weighted by molar-refractivity contribution is -0.191. The zero-order valence-corrected chi connectivity index (χ0v) is 32.3. The Morgan fingerprint density at radius 3 is 2.00 bits per heavy atom. The molecule has 306 valence electrons. The number of hydrogen-bond acceptors (Lipinski definition) is 18. The van der Waals surface area contributed by atoms with E-state index in [1.54, 1.807) is 20.8 Å². The topological polar surface area (TPSA) is 265 Å². The Morgan fingerprint density at radius 2 is 1.56 bits per heavy atom. The van der Waals surface area contributed by atoms with E-state index in [1.165, 1.54) is 41.5 Å². The smallest absolute Gasteiger partial charge is 0.448 e. The molecule has 2 fully saturated rings. The molecule has 1 unspecified atom stereocenters. The van der Waals surface area contributed by atoms with Gasteiger partial charge in [-0.05, 0) is 61.3 Å². The number of nitrogens with one attached hydrogen (secondary N) is 2. The standard InChI is InChI=1S/C31H47FN3O18P/c1-16(2)20(34-25(39)52-28(7,8)9)21(37)50-31-22(30(31,13-32)51-23(29(31,10)42)35-12-11-19(36)33-24(35)38)53-54(43,46-14-44-26(40)48-17(3)4)47-15-45-27(41)49-18(5)6/h11-12,16-18,20,22-23,42H,13-15H2,1-10H3,(H,34,39)(H,33,36,38)/t20-,22?,23-,29+,30-,31+/m1/s1. The average Bonchev–Trinajstić information content (AvgIpc) is 3.47. The highest BCUT2D eigenvalue weighted by atomic mass is 31.2. The minimum absolute atomic E-state index is 0.635. The predicted molar refractivity (Wildman–Crippen MR) is 177 cm³/mol. The highest BCUT2D eigenvalue weighted by Crippen LogP contribution is 2.73. The molecule has 1 aliphatic heterocycles. The molecule has 21 nitrogen and oxygen atoms in total. The van der Waals surface area contributed by atoms with Gasteiger partial charge in [0.15, 0.2) is 23.5 Å². The number of rotatable bonds is 16. The number of aliphatic hydroxyl groups is 1. The van der Waals surface area contributed by atoms with E-state index >= 15 is 4.39 Å². The number of hydrogen-bond donors (Lipinski definition) is 3.